The molecule has 0 atom stereocenters. The maximum absolute atomic E-state index is 12.2. The molecule has 0 aliphatic carbocycles. The van der Waals surface area contributed by atoms with E-state index in [0.717, 1.165) is 38.5 Å². The first-order valence-corrected chi connectivity index (χ1v) is 9.44. The summed E-state index contributed by atoms with van der Waals surface area (Å²) in [5.74, 6) is -1.03. The summed E-state index contributed by atoms with van der Waals surface area (Å²) in [6.45, 7) is 4.66. The van der Waals surface area contributed by atoms with Crippen molar-refractivity contribution >= 4 is 11.9 Å². The average molecular weight is 358 g/mol. The highest BCUT2D eigenvalue weighted by atomic mass is 16.5. The maximum Gasteiger partial charge on any atom is 0.339 e. The van der Waals surface area contributed by atoms with Crippen molar-refractivity contribution < 1.29 is 19.1 Å². The van der Waals surface area contributed by atoms with Crippen LogP contribution in [-0.2, 0) is 9.47 Å². The predicted octanol–water partition coefficient (Wildman–Crippen LogP) is 5.49. The summed E-state index contributed by atoms with van der Waals surface area (Å²) in [5.41, 5.74) is 0.462. The highest BCUT2D eigenvalue weighted by molar-refractivity contribution is 6.03. The topological polar surface area (TPSA) is 52.6 Å². The van der Waals surface area contributed by atoms with Crippen LogP contribution in [0.5, 0.6) is 0 Å². The third-order valence-corrected chi connectivity index (χ3v) is 3.77. The van der Waals surface area contributed by atoms with E-state index in [2.05, 4.69) is 13.8 Å². The van der Waals surface area contributed by atoms with Gasteiger partial charge in [0.1, 0.15) is 13.2 Å². The lowest BCUT2D eigenvalue weighted by Crippen LogP contribution is -2.14. The molecule has 0 bridgehead atoms. The Balaban J connectivity index is 2.54. The molecular weight excluding hydrogens is 328 g/mol. The first-order chi connectivity index (χ1) is 12.7. The maximum atomic E-state index is 12.2. The number of esters is 2. The van der Waals surface area contributed by atoms with Crippen LogP contribution in [0.25, 0.3) is 0 Å². The summed E-state index contributed by atoms with van der Waals surface area (Å²) < 4.78 is 10.4. The fourth-order valence-corrected chi connectivity index (χ4v) is 2.26. The van der Waals surface area contributed by atoms with E-state index in [-0.39, 0.29) is 24.3 Å². The first-order valence-electron chi connectivity index (χ1n) is 9.44. The minimum atomic E-state index is -0.517. The molecule has 0 saturated heterocycles. The third kappa shape index (κ3) is 8.65. The van der Waals surface area contributed by atoms with Crippen molar-refractivity contribution in [1.29, 1.82) is 0 Å². The number of carbonyl (C=O) groups is 2. The van der Waals surface area contributed by atoms with Crippen LogP contribution in [-0.4, -0.2) is 25.2 Å². The molecule has 142 valence electrons. The van der Waals surface area contributed by atoms with E-state index in [4.69, 9.17) is 9.47 Å². The molecule has 0 unspecified atom stereocenters. The van der Waals surface area contributed by atoms with Crippen molar-refractivity contribution in [1.82, 2.24) is 0 Å². The molecule has 0 amide bonds. The van der Waals surface area contributed by atoms with E-state index >= 15 is 0 Å². The lowest BCUT2D eigenvalue weighted by Gasteiger charge is -2.08. The molecule has 0 heterocycles. The smallest absolute Gasteiger partial charge is 0.339 e. The minimum absolute atomic E-state index is 0.200. The molecule has 26 heavy (non-hydrogen) atoms. The van der Waals surface area contributed by atoms with Gasteiger partial charge in [-0.15, -0.1) is 0 Å². The summed E-state index contributed by atoms with van der Waals surface area (Å²) in [7, 11) is 0. The second-order valence-electron chi connectivity index (χ2n) is 5.97. The summed E-state index contributed by atoms with van der Waals surface area (Å²) >= 11 is 0. The van der Waals surface area contributed by atoms with E-state index in [1.165, 1.54) is 0 Å². The second-order valence-corrected chi connectivity index (χ2v) is 5.97. The zero-order valence-corrected chi connectivity index (χ0v) is 15.9. The van der Waals surface area contributed by atoms with Crippen LogP contribution in [0, 0.1) is 0 Å². The van der Waals surface area contributed by atoms with Crippen LogP contribution >= 0.6 is 0 Å². The number of hydrogen-bond acceptors (Lipinski definition) is 4. The Bertz CT molecular complexity index is 549. The largest absolute Gasteiger partial charge is 0.458 e. The number of ether oxygens (including phenoxy) is 2. The molecule has 1 rings (SSSR count). The Morgan fingerprint density at radius 2 is 1.19 bits per heavy atom. The number of allylic oxidation sites excluding steroid dienone is 2. The van der Waals surface area contributed by atoms with Gasteiger partial charge in [0.15, 0.2) is 0 Å². The zero-order chi connectivity index (χ0) is 19.0. The number of unbranched alkanes of at least 4 members (excludes halogenated alkanes) is 4. The van der Waals surface area contributed by atoms with E-state index in [9.17, 15) is 9.59 Å². The van der Waals surface area contributed by atoms with Crippen molar-refractivity contribution in [3.8, 4) is 0 Å². The van der Waals surface area contributed by atoms with Gasteiger partial charge < -0.3 is 9.47 Å². The Kier molecular flexibility index (Phi) is 11.6. The monoisotopic (exact) mass is 358 g/mol. The van der Waals surface area contributed by atoms with Gasteiger partial charge in [-0.3, -0.25) is 0 Å². The van der Waals surface area contributed by atoms with Crippen LogP contribution in [0.4, 0.5) is 0 Å². The molecule has 0 N–H and O–H groups in total. The summed E-state index contributed by atoms with van der Waals surface area (Å²) in [5, 5.41) is 0. The highest BCUT2D eigenvalue weighted by Crippen LogP contribution is 2.12. The second kappa shape index (κ2) is 13.9. The Hall–Kier alpha value is -2.36. The van der Waals surface area contributed by atoms with Crippen molar-refractivity contribution in [2.75, 3.05) is 13.2 Å². The fourth-order valence-electron chi connectivity index (χ4n) is 2.26. The van der Waals surface area contributed by atoms with E-state index < -0.39 is 11.9 Å². The minimum Gasteiger partial charge on any atom is -0.458 e. The normalized spacial score (nSPS) is 11.2. The van der Waals surface area contributed by atoms with Crippen LogP contribution in [0.1, 0.15) is 73.1 Å². The highest BCUT2D eigenvalue weighted by Gasteiger charge is 2.18. The van der Waals surface area contributed by atoms with Gasteiger partial charge in [-0.25, -0.2) is 9.59 Å². The van der Waals surface area contributed by atoms with E-state index in [1.807, 2.05) is 24.3 Å². The molecule has 0 saturated carbocycles. The third-order valence-electron chi connectivity index (χ3n) is 3.77. The predicted molar refractivity (Wildman–Crippen MR) is 104 cm³/mol. The van der Waals surface area contributed by atoms with Crippen molar-refractivity contribution in [3.63, 3.8) is 0 Å². The average Bonchev–Trinajstić information content (AvgIpc) is 2.67. The number of carbonyl (C=O) groups excluding carboxylic acids is 2. The standard InChI is InChI=1S/C22H30O4/c1-3-5-7-9-13-17-25-21(23)19-15-11-12-16-20(19)22(24)26-18-14-10-8-6-4-2/h9-16H,3-8,17-18H2,1-2H3. The van der Waals surface area contributed by atoms with Crippen LogP contribution in [0.15, 0.2) is 48.6 Å². The van der Waals surface area contributed by atoms with Crippen molar-refractivity contribution in [2.45, 2.75) is 52.4 Å². The van der Waals surface area contributed by atoms with Crippen LogP contribution in [0.3, 0.4) is 0 Å². The Morgan fingerprint density at radius 3 is 1.58 bits per heavy atom. The molecule has 0 radical (unpaired) electrons. The van der Waals surface area contributed by atoms with Gasteiger partial charge in [-0.1, -0.05) is 76.0 Å². The number of hydrogen-bond donors (Lipinski definition) is 0. The van der Waals surface area contributed by atoms with Crippen LogP contribution in [0.2, 0.25) is 0 Å². The fraction of sp³-hybridized carbons (Fsp3) is 0.455. The first kappa shape index (κ1) is 21.7. The molecular formula is C22H30O4. The number of benzene rings is 1. The van der Waals surface area contributed by atoms with Gasteiger partial charge in [0.05, 0.1) is 11.1 Å². The summed E-state index contributed by atoms with van der Waals surface area (Å²) in [6, 6.07) is 6.57. The molecule has 4 nitrogen and oxygen atoms in total. The van der Waals surface area contributed by atoms with Gasteiger partial charge in [0, 0.05) is 0 Å². The van der Waals surface area contributed by atoms with Crippen LogP contribution < -0.4 is 0 Å². The molecule has 0 aliphatic heterocycles. The molecule has 0 aliphatic rings. The van der Waals surface area contributed by atoms with Gasteiger partial charge >= 0.3 is 11.9 Å². The molecule has 1 aromatic carbocycles. The lowest BCUT2D eigenvalue weighted by molar-refractivity contribution is 0.0502. The summed E-state index contributed by atoms with van der Waals surface area (Å²) in [6.07, 6.45) is 14.1. The van der Waals surface area contributed by atoms with E-state index in [1.54, 1.807) is 24.3 Å². The SMILES string of the molecule is CCCCC=CCOC(=O)c1ccccc1C(=O)OCC=CCCCC. The molecule has 4 heteroatoms. The Morgan fingerprint density at radius 1 is 0.769 bits per heavy atom. The van der Waals surface area contributed by atoms with Crippen molar-refractivity contribution in [2.24, 2.45) is 0 Å². The number of rotatable bonds is 12. The molecule has 0 spiro atoms. The zero-order valence-electron chi connectivity index (χ0n) is 15.9. The van der Waals surface area contributed by atoms with E-state index in [0.29, 0.717) is 0 Å². The Labute approximate surface area is 156 Å². The lowest BCUT2D eigenvalue weighted by atomic mass is 10.1. The summed E-state index contributed by atoms with van der Waals surface area (Å²) in [4.78, 5) is 24.5. The van der Waals surface area contributed by atoms with Gasteiger partial charge in [0.2, 0.25) is 0 Å². The van der Waals surface area contributed by atoms with Crippen molar-refractivity contribution in [3.05, 3.63) is 59.7 Å². The van der Waals surface area contributed by atoms with Gasteiger partial charge in [-0.2, -0.15) is 0 Å². The molecule has 0 fully saturated rings. The van der Waals surface area contributed by atoms with Gasteiger partial charge in [-0.05, 0) is 25.0 Å². The molecule has 1 aromatic rings. The molecule has 0 aromatic heterocycles. The van der Waals surface area contributed by atoms with Gasteiger partial charge in [0.25, 0.3) is 0 Å². The quantitative estimate of drug-likeness (QED) is 0.281.